The quantitative estimate of drug-likeness (QED) is 0.551. The summed E-state index contributed by atoms with van der Waals surface area (Å²) in [5.41, 5.74) is 1.14. The average molecular weight is 368 g/mol. The highest BCUT2D eigenvalue weighted by atomic mass is 16.5. The molecule has 7 nitrogen and oxygen atoms in total. The van der Waals surface area contributed by atoms with Crippen LogP contribution in [0.4, 0.5) is 4.79 Å². The lowest BCUT2D eigenvalue weighted by Crippen LogP contribution is -2.41. The normalized spacial score (nSPS) is 9.78. The highest BCUT2D eigenvalue weighted by molar-refractivity contribution is 5.97. The van der Waals surface area contributed by atoms with Crippen molar-refractivity contribution in [1.82, 2.24) is 10.6 Å². The SMILES string of the molecule is C=CCNC(=O)NC(=O)COC(=O)c1ccccc1OCc1ccccc1. The molecule has 2 rings (SSSR count). The molecule has 0 bridgehead atoms. The molecule has 0 saturated carbocycles. The average Bonchev–Trinajstić information content (AvgIpc) is 2.70. The second-order valence-electron chi connectivity index (χ2n) is 5.39. The molecule has 0 atom stereocenters. The fourth-order valence-electron chi connectivity index (χ4n) is 2.08. The second kappa shape index (κ2) is 10.4. The van der Waals surface area contributed by atoms with Gasteiger partial charge in [0.05, 0.1) is 0 Å². The number of carbonyl (C=O) groups is 3. The van der Waals surface area contributed by atoms with E-state index < -0.39 is 24.5 Å². The van der Waals surface area contributed by atoms with Crippen molar-refractivity contribution in [1.29, 1.82) is 0 Å². The third-order valence-corrected chi connectivity index (χ3v) is 3.34. The summed E-state index contributed by atoms with van der Waals surface area (Å²) in [5.74, 6) is -1.12. The van der Waals surface area contributed by atoms with Gasteiger partial charge in [-0.2, -0.15) is 0 Å². The molecule has 2 N–H and O–H groups in total. The number of nitrogens with one attached hydrogen (secondary N) is 2. The topological polar surface area (TPSA) is 93.7 Å². The van der Waals surface area contributed by atoms with E-state index in [2.05, 4.69) is 11.9 Å². The number of hydrogen-bond donors (Lipinski definition) is 2. The number of urea groups is 1. The predicted molar refractivity (Wildman–Crippen MR) is 99.2 cm³/mol. The fourth-order valence-corrected chi connectivity index (χ4v) is 2.08. The van der Waals surface area contributed by atoms with Crippen molar-refractivity contribution >= 4 is 17.9 Å². The fraction of sp³-hybridized carbons (Fsp3) is 0.150. The Balaban J connectivity index is 1.89. The van der Waals surface area contributed by atoms with Gasteiger partial charge >= 0.3 is 12.0 Å². The van der Waals surface area contributed by atoms with Gasteiger partial charge in [-0.1, -0.05) is 48.5 Å². The van der Waals surface area contributed by atoms with Crippen LogP contribution < -0.4 is 15.4 Å². The van der Waals surface area contributed by atoms with E-state index in [9.17, 15) is 14.4 Å². The van der Waals surface area contributed by atoms with E-state index in [0.29, 0.717) is 5.75 Å². The standard InChI is InChI=1S/C20H20N2O5/c1-2-12-21-20(25)22-18(23)14-27-19(24)16-10-6-7-11-17(16)26-13-15-8-4-3-5-9-15/h2-11H,1,12-14H2,(H2,21,22,23,25). The zero-order valence-electron chi connectivity index (χ0n) is 14.6. The molecule has 0 saturated heterocycles. The molecular weight excluding hydrogens is 348 g/mol. The van der Waals surface area contributed by atoms with Crippen molar-refractivity contribution in [2.75, 3.05) is 13.2 Å². The Labute approximate surface area is 157 Å². The van der Waals surface area contributed by atoms with Gasteiger partial charge < -0.3 is 14.8 Å². The Morgan fingerprint density at radius 1 is 1.00 bits per heavy atom. The maximum absolute atomic E-state index is 12.2. The Bertz CT molecular complexity index is 805. The number of ether oxygens (including phenoxy) is 2. The molecular formula is C20H20N2O5. The van der Waals surface area contributed by atoms with Crippen LogP contribution in [-0.2, 0) is 16.1 Å². The van der Waals surface area contributed by atoms with Gasteiger partial charge in [0.25, 0.3) is 5.91 Å². The first-order valence-electron chi connectivity index (χ1n) is 8.21. The first-order valence-corrected chi connectivity index (χ1v) is 8.21. The molecule has 0 aliphatic rings. The van der Waals surface area contributed by atoms with Crippen LogP contribution in [0.15, 0.2) is 67.3 Å². The molecule has 7 heteroatoms. The van der Waals surface area contributed by atoms with Gasteiger partial charge in [-0.3, -0.25) is 10.1 Å². The molecule has 0 aliphatic carbocycles. The van der Waals surface area contributed by atoms with Crippen molar-refractivity contribution in [3.05, 3.63) is 78.4 Å². The second-order valence-corrected chi connectivity index (χ2v) is 5.39. The van der Waals surface area contributed by atoms with Crippen molar-refractivity contribution in [2.24, 2.45) is 0 Å². The van der Waals surface area contributed by atoms with Crippen LogP contribution in [0.2, 0.25) is 0 Å². The van der Waals surface area contributed by atoms with E-state index in [4.69, 9.17) is 9.47 Å². The monoisotopic (exact) mass is 368 g/mol. The molecule has 0 fully saturated rings. The van der Waals surface area contributed by atoms with E-state index in [1.54, 1.807) is 18.2 Å². The summed E-state index contributed by atoms with van der Waals surface area (Å²) in [7, 11) is 0. The number of imide groups is 1. The zero-order chi connectivity index (χ0) is 19.5. The Morgan fingerprint density at radius 3 is 2.44 bits per heavy atom. The lowest BCUT2D eigenvalue weighted by Gasteiger charge is -2.11. The minimum absolute atomic E-state index is 0.192. The number of carbonyl (C=O) groups excluding carboxylic acids is 3. The van der Waals surface area contributed by atoms with Gasteiger partial charge in [0.1, 0.15) is 17.9 Å². The van der Waals surface area contributed by atoms with Gasteiger partial charge in [-0.15, -0.1) is 6.58 Å². The maximum Gasteiger partial charge on any atom is 0.342 e. The van der Waals surface area contributed by atoms with Crippen molar-refractivity contribution in [2.45, 2.75) is 6.61 Å². The van der Waals surface area contributed by atoms with E-state index in [1.807, 2.05) is 35.6 Å². The molecule has 3 amide bonds. The Hall–Kier alpha value is -3.61. The van der Waals surface area contributed by atoms with Gasteiger partial charge in [0.2, 0.25) is 0 Å². The van der Waals surface area contributed by atoms with Crippen molar-refractivity contribution in [3.8, 4) is 5.75 Å². The molecule has 0 unspecified atom stereocenters. The lowest BCUT2D eigenvalue weighted by atomic mass is 10.2. The van der Waals surface area contributed by atoms with E-state index >= 15 is 0 Å². The van der Waals surface area contributed by atoms with E-state index in [0.717, 1.165) is 5.56 Å². The van der Waals surface area contributed by atoms with E-state index in [-0.39, 0.29) is 18.7 Å². The molecule has 0 spiro atoms. The first kappa shape index (κ1) is 19.7. The highest BCUT2D eigenvalue weighted by Gasteiger charge is 2.16. The predicted octanol–water partition coefficient (Wildman–Crippen LogP) is 2.43. The summed E-state index contributed by atoms with van der Waals surface area (Å²) in [5, 5.41) is 4.41. The molecule has 0 heterocycles. The third kappa shape index (κ3) is 6.66. The molecule has 2 aromatic rings. The first-order chi connectivity index (χ1) is 13.1. The molecule has 2 aromatic carbocycles. The molecule has 140 valence electrons. The van der Waals surface area contributed by atoms with Crippen LogP contribution in [0, 0.1) is 0 Å². The summed E-state index contributed by atoms with van der Waals surface area (Å²) in [6.07, 6.45) is 1.47. The van der Waals surface area contributed by atoms with Gasteiger partial charge in [-0.25, -0.2) is 9.59 Å². The van der Waals surface area contributed by atoms with Crippen LogP contribution in [0.25, 0.3) is 0 Å². The number of rotatable bonds is 8. The molecule has 0 radical (unpaired) electrons. The van der Waals surface area contributed by atoms with Gasteiger partial charge in [-0.05, 0) is 17.7 Å². The van der Waals surface area contributed by atoms with E-state index in [1.165, 1.54) is 12.1 Å². The summed E-state index contributed by atoms with van der Waals surface area (Å²) in [6, 6.07) is 15.4. The highest BCUT2D eigenvalue weighted by Crippen LogP contribution is 2.20. The molecule has 0 aromatic heterocycles. The lowest BCUT2D eigenvalue weighted by molar-refractivity contribution is -0.123. The van der Waals surface area contributed by atoms with Crippen molar-refractivity contribution < 1.29 is 23.9 Å². The number of amides is 3. The molecule has 0 aliphatic heterocycles. The zero-order valence-corrected chi connectivity index (χ0v) is 14.6. The van der Waals surface area contributed by atoms with Crippen molar-refractivity contribution in [3.63, 3.8) is 0 Å². The minimum atomic E-state index is -0.743. The summed E-state index contributed by atoms with van der Waals surface area (Å²) < 4.78 is 10.6. The summed E-state index contributed by atoms with van der Waals surface area (Å²) in [4.78, 5) is 35.2. The summed E-state index contributed by atoms with van der Waals surface area (Å²) in [6.45, 7) is 3.35. The van der Waals surface area contributed by atoms with Crippen LogP contribution >= 0.6 is 0 Å². The van der Waals surface area contributed by atoms with Crippen LogP contribution in [-0.4, -0.2) is 31.1 Å². The number of esters is 1. The summed E-state index contributed by atoms with van der Waals surface area (Å²) >= 11 is 0. The van der Waals surface area contributed by atoms with Gasteiger partial charge in [0, 0.05) is 6.54 Å². The van der Waals surface area contributed by atoms with Crippen LogP contribution in [0.5, 0.6) is 5.75 Å². The largest absolute Gasteiger partial charge is 0.488 e. The number of benzene rings is 2. The number of hydrogen-bond acceptors (Lipinski definition) is 5. The van der Waals surface area contributed by atoms with Crippen LogP contribution in [0.1, 0.15) is 15.9 Å². The Kier molecular flexibility index (Phi) is 7.59. The minimum Gasteiger partial charge on any atom is -0.488 e. The smallest absolute Gasteiger partial charge is 0.342 e. The maximum atomic E-state index is 12.2. The Morgan fingerprint density at radius 2 is 1.70 bits per heavy atom. The number of para-hydroxylation sites is 1. The van der Waals surface area contributed by atoms with Crippen LogP contribution in [0.3, 0.4) is 0 Å². The molecule has 27 heavy (non-hydrogen) atoms. The van der Waals surface area contributed by atoms with Gasteiger partial charge in [0.15, 0.2) is 6.61 Å². The third-order valence-electron chi connectivity index (χ3n) is 3.34.